The Morgan fingerprint density at radius 2 is 2.10 bits per heavy atom. The number of rotatable bonds is 5. The van der Waals surface area contributed by atoms with Crippen LogP contribution in [-0.2, 0) is 12.8 Å². The number of alkyl halides is 2. The number of fused-ring (bicyclic) bond motifs is 1. The van der Waals surface area contributed by atoms with Gasteiger partial charge in [-0.25, -0.2) is 13.8 Å². The Kier molecular flexibility index (Phi) is 4.31. The Morgan fingerprint density at radius 3 is 2.81 bits per heavy atom. The molecule has 1 heterocycles. The van der Waals surface area contributed by atoms with Gasteiger partial charge in [0.15, 0.2) is 0 Å². The maximum absolute atomic E-state index is 12.9. The number of thiazole rings is 1. The molecule has 2 aromatic rings. The minimum absolute atomic E-state index is 0.0690. The summed E-state index contributed by atoms with van der Waals surface area (Å²) in [6.07, 6.45) is 0.889. The number of halogens is 2. The summed E-state index contributed by atoms with van der Waals surface area (Å²) in [6, 6.07) is 6.56. The highest BCUT2D eigenvalue weighted by molar-refractivity contribution is 7.11. The summed E-state index contributed by atoms with van der Waals surface area (Å²) in [5.74, 6) is 0. The lowest BCUT2D eigenvalue weighted by Gasteiger charge is -2.17. The summed E-state index contributed by atoms with van der Waals surface area (Å²) in [5.41, 5.74) is 2.13. The average molecular weight is 308 g/mol. The van der Waals surface area contributed by atoms with Crippen molar-refractivity contribution < 1.29 is 8.78 Å². The second-order valence-electron chi connectivity index (χ2n) is 5.24. The third-order valence-corrected chi connectivity index (χ3v) is 4.99. The molecular formula is C16H18F2N2S. The molecule has 1 aromatic heterocycles. The number of benzene rings is 1. The van der Waals surface area contributed by atoms with Crippen LogP contribution in [0.4, 0.5) is 8.78 Å². The molecule has 1 atom stereocenters. The number of aromatic nitrogens is 1. The molecule has 5 heteroatoms. The van der Waals surface area contributed by atoms with Crippen molar-refractivity contribution in [1.82, 2.24) is 10.3 Å². The van der Waals surface area contributed by atoms with Gasteiger partial charge in [0.25, 0.3) is 6.43 Å². The molecule has 0 spiro atoms. The smallest absolute Gasteiger partial charge is 0.263 e. The fourth-order valence-corrected chi connectivity index (χ4v) is 4.02. The molecule has 1 aliphatic carbocycles. The molecule has 1 aliphatic rings. The maximum Gasteiger partial charge on any atom is 0.263 e. The predicted octanol–water partition coefficient (Wildman–Crippen LogP) is 4.27. The lowest BCUT2D eigenvalue weighted by Crippen LogP contribution is -2.22. The lowest BCUT2D eigenvalue weighted by molar-refractivity contribution is 0.151. The molecule has 0 bridgehead atoms. The second kappa shape index (κ2) is 6.20. The van der Waals surface area contributed by atoms with Gasteiger partial charge in [0, 0.05) is 10.4 Å². The predicted molar refractivity (Wildman–Crippen MR) is 81.1 cm³/mol. The van der Waals surface area contributed by atoms with Crippen molar-refractivity contribution in [3.8, 4) is 0 Å². The van der Waals surface area contributed by atoms with E-state index in [4.69, 9.17) is 4.98 Å². The molecule has 112 valence electrons. The van der Waals surface area contributed by atoms with Gasteiger partial charge in [0.2, 0.25) is 0 Å². The zero-order valence-corrected chi connectivity index (χ0v) is 12.7. The monoisotopic (exact) mass is 308 g/mol. The van der Waals surface area contributed by atoms with E-state index in [9.17, 15) is 8.78 Å². The second-order valence-corrected chi connectivity index (χ2v) is 6.35. The summed E-state index contributed by atoms with van der Waals surface area (Å²) < 4.78 is 25.8. The first-order chi connectivity index (χ1) is 10.2. The van der Waals surface area contributed by atoms with Crippen molar-refractivity contribution in [2.24, 2.45) is 0 Å². The Balaban J connectivity index is 1.95. The van der Waals surface area contributed by atoms with Gasteiger partial charge in [0.05, 0.1) is 11.7 Å². The van der Waals surface area contributed by atoms with E-state index in [1.807, 2.05) is 13.0 Å². The summed E-state index contributed by atoms with van der Waals surface area (Å²) in [7, 11) is 0. The first kappa shape index (κ1) is 14.6. The van der Waals surface area contributed by atoms with E-state index >= 15 is 0 Å². The van der Waals surface area contributed by atoms with Crippen LogP contribution in [0, 0.1) is 0 Å². The van der Waals surface area contributed by atoms with Crippen molar-refractivity contribution in [2.75, 3.05) is 6.54 Å². The number of hydrogen-bond acceptors (Lipinski definition) is 3. The van der Waals surface area contributed by atoms with Crippen LogP contribution >= 0.6 is 11.3 Å². The quantitative estimate of drug-likeness (QED) is 0.892. The van der Waals surface area contributed by atoms with E-state index in [0.717, 1.165) is 30.0 Å². The fraction of sp³-hybridized carbons (Fsp3) is 0.438. The molecular weight excluding hydrogens is 290 g/mol. The highest BCUT2D eigenvalue weighted by atomic mass is 32.1. The van der Waals surface area contributed by atoms with Crippen LogP contribution < -0.4 is 5.32 Å². The summed E-state index contributed by atoms with van der Waals surface area (Å²) in [5, 5.41) is 4.37. The average Bonchev–Trinajstić information content (AvgIpc) is 3.06. The molecule has 0 aliphatic heterocycles. The van der Waals surface area contributed by atoms with Crippen LogP contribution in [0.25, 0.3) is 0 Å². The van der Waals surface area contributed by atoms with Gasteiger partial charge >= 0.3 is 0 Å². The standard InChI is InChI=1S/C16H18F2N2S/c1-2-19-14(10-5-3-6-11(9-10)15(17)18)16-20-12-7-4-8-13(12)21-16/h3,5-6,9,14-15,19H,2,4,7-8H2,1H3. The normalized spacial score (nSPS) is 15.4. The Bertz CT molecular complexity index is 603. The molecule has 0 saturated carbocycles. The molecule has 3 rings (SSSR count). The van der Waals surface area contributed by atoms with Crippen LogP contribution in [0.3, 0.4) is 0 Å². The topological polar surface area (TPSA) is 24.9 Å². The van der Waals surface area contributed by atoms with E-state index < -0.39 is 6.43 Å². The first-order valence-electron chi connectivity index (χ1n) is 7.29. The van der Waals surface area contributed by atoms with Gasteiger partial charge in [-0.1, -0.05) is 25.1 Å². The van der Waals surface area contributed by atoms with Gasteiger partial charge in [0.1, 0.15) is 5.01 Å². The summed E-state index contributed by atoms with van der Waals surface area (Å²) in [6.45, 7) is 2.79. The number of hydrogen-bond donors (Lipinski definition) is 1. The van der Waals surface area contributed by atoms with Crippen LogP contribution in [0.5, 0.6) is 0 Å². The van der Waals surface area contributed by atoms with Crippen molar-refractivity contribution in [3.63, 3.8) is 0 Å². The summed E-state index contributed by atoms with van der Waals surface area (Å²) >= 11 is 1.72. The highest BCUT2D eigenvalue weighted by Gasteiger charge is 2.23. The van der Waals surface area contributed by atoms with Gasteiger partial charge < -0.3 is 5.32 Å². The third-order valence-electron chi connectivity index (χ3n) is 3.76. The third kappa shape index (κ3) is 2.99. The van der Waals surface area contributed by atoms with E-state index in [1.165, 1.54) is 23.1 Å². The minimum Gasteiger partial charge on any atom is -0.305 e. The summed E-state index contributed by atoms with van der Waals surface area (Å²) in [4.78, 5) is 6.09. The molecule has 1 aromatic carbocycles. The molecule has 1 N–H and O–H groups in total. The van der Waals surface area contributed by atoms with Gasteiger partial charge in [-0.2, -0.15) is 0 Å². The molecule has 0 radical (unpaired) electrons. The van der Waals surface area contributed by atoms with Gasteiger partial charge in [-0.3, -0.25) is 0 Å². The maximum atomic E-state index is 12.9. The number of aryl methyl sites for hydroxylation is 2. The van der Waals surface area contributed by atoms with Crippen molar-refractivity contribution >= 4 is 11.3 Å². The van der Waals surface area contributed by atoms with Crippen LogP contribution in [-0.4, -0.2) is 11.5 Å². The Hall–Kier alpha value is -1.33. The molecule has 21 heavy (non-hydrogen) atoms. The highest BCUT2D eigenvalue weighted by Crippen LogP contribution is 2.34. The van der Waals surface area contributed by atoms with Gasteiger partial charge in [-0.15, -0.1) is 11.3 Å². The molecule has 0 fully saturated rings. The van der Waals surface area contributed by atoms with E-state index in [-0.39, 0.29) is 11.6 Å². The van der Waals surface area contributed by atoms with Crippen molar-refractivity contribution in [1.29, 1.82) is 0 Å². The first-order valence-corrected chi connectivity index (χ1v) is 8.10. The minimum atomic E-state index is -2.44. The van der Waals surface area contributed by atoms with Crippen LogP contribution in [0.15, 0.2) is 24.3 Å². The SMILES string of the molecule is CCNC(c1cccc(C(F)F)c1)c1nc2c(s1)CCC2. The molecule has 1 unspecified atom stereocenters. The fourth-order valence-electron chi connectivity index (χ4n) is 2.76. The zero-order valence-electron chi connectivity index (χ0n) is 11.9. The molecule has 0 saturated heterocycles. The zero-order chi connectivity index (χ0) is 14.8. The van der Waals surface area contributed by atoms with E-state index in [0.29, 0.717) is 0 Å². The van der Waals surface area contributed by atoms with Crippen LogP contribution in [0.2, 0.25) is 0 Å². The Morgan fingerprint density at radius 1 is 1.29 bits per heavy atom. The van der Waals surface area contributed by atoms with Crippen molar-refractivity contribution in [3.05, 3.63) is 51.0 Å². The molecule has 2 nitrogen and oxygen atoms in total. The largest absolute Gasteiger partial charge is 0.305 e. The number of nitrogens with one attached hydrogen (secondary N) is 1. The van der Waals surface area contributed by atoms with E-state index in [1.54, 1.807) is 23.5 Å². The van der Waals surface area contributed by atoms with Crippen molar-refractivity contribution in [2.45, 2.75) is 38.7 Å². The lowest BCUT2D eigenvalue weighted by atomic mass is 10.0. The molecule has 0 amide bonds. The van der Waals surface area contributed by atoms with Crippen LogP contribution in [0.1, 0.15) is 52.5 Å². The Labute approximate surface area is 127 Å². The van der Waals surface area contributed by atoms with Gasteiger partial charge in [-0.05, 0) is 37.4 Å². The van der Waals surface area contributed by atoms with E-state index in [2.05, 4.69) is 5.32 Å². The number of nitrogens with zero attached hydrogens (tertiary/aromatic N) is 1.